The van der Waals surface area contributed by atoms with Gasteiger partial charge in [-0.05, 0) is 107 Å². The fraction of sp³-hybridized carbons (Fsp3) is 0.262. The van der Waals surface area contributed by atoms with E-state index in [0.29, 0.717) is 5.82 Å². The number of aromatic nitrogens is 5. The van der Waals surface area contributed by atoms with Gasteiger partial charge < -0.3 is 9.13 Å². The van der Waals surface area contributed by atoms with E-state index in [2.05, 4.69) is 219 Å². The molecule has 0 spiro atoms. The summed E-state index contributed by atoms with van der Waals surface area (Å²) in [7, 11) is 0. The van der Waals surface area contributed by atoms with Gasteiger partial charge in [-0.25, -0.2) is 15.0 Å². The lowest BCUT2D eigenvalue weighted by Crippen LogP contribution is -2.59. The van der Waals surface area contributed by atoms with Gasteiger partial charge in [0.2, 0.25) is 0 Å². The molecule has 5 nitrogen and oxygen atoms in total. The van der Waals surface area contributed by atoms with Crippen molar-refractivity contribution in [1.82, 2.24) is 24.1 Å². The second-order valence-electron chi connectivity index (χ2n) is 23.4. The van der Waals surface area contributed by atoms with Gasteiger partial charge in [-0.2, -0.15) is 0 Å². The zero-order chi connectivity index (χ0) is 46.7. The summed E-state index contributed by atoms with van der Waals surface area (Å²) in [4.78, 5) is 14.0. The lowest BCUT2D eigenvalue weighted by Gasteiger charge is -2.34. The fourth-order valence-corrected chi connectivity index (χ4v) is 11.6. The van der Waals surface area contributed by atoms with Crippen molar-refractivity contribution >= 4 is 66.7 Å². The summed E-state index contributed by atoms with van der Waals surface area (Å²) >= 11 is 0. The molecule has 0 saturated heterocycles. The summed E-state index contributed by atoms with van der Waals surface area (Å²) in [6, 6.07) is 46.6. The molecule has 2 aliphatic rings. The lowest BCUT2D eigenvalue weighted by molar-refractivity contribution is 0.572. The molecule has 0 unspecified atom stereocenters. The Bertz CT molecular complexity index is 3480. The molecule has 0 bridgehead atoms. The highest BCUT2D eigenvalue weighted by Crippen LogP contribution is 2.49. The van der Waals surface area contributed by atoms with E-state index < -0.39 is 0 Å². The summed E-state index contributed by atoms with van der Waals surface area (Å²) in [6.07, 6.45) is 3.25. The molecule has 0 N–H and O–H groups in total. The van der Waals surface area contributed by atoms with Crippen LogP contribution in [0.2, 0.25) is 0 Å². The van der Waals surface area contributed by atoms with Gasteiger partial charge in [0.15, 0.2) is 5.82 Å². The predicted octanol–water partition coefficient (Wildman–Crippen LogP) is 13.4. The molecule has 7 aromatic carbocycles. The molecule has 0 amide bonds. The van der Waals surface area contributed by atoms with Crippen LogP contribution in [0, 0.1) is 0 Å². The Hall–Kier alpha value is -6.79. The van der Waals surface area contributed by atoms with Crippen LogP contribution in [-0.4, -0.2) is 30.8 Å². The smallest absolute Gasteiger partial charge is 0.252 e. The highest BCUT2D eigenvalue weighted by molar-refractivity contribution is 7.00. The average molecular weight is 872 g/mol. The fourth-order valence-electron chi connectivity index (χ4n) is 11.6. The van der Waals surface area contributed by atoms with Crippen molar-refractivity contribution in [2.24, 2.45) is 0 Å². The van der Waals surface area contributed by atoms with Gasteiger partial charge in [0, 0.05) is 38.5 Å². The van der Waals surface area contributed by atoms with Crippen molar-refractivity contribution in [3.8, 4) is 45.0 Å². The van der Waals surface area contributed by atoms with E-state index in [0.717, 1.165) is 5.56 Å². The summed E-state index contributed by atoms with van der Waals surface area (Å²) in [5.74, 6) is 0.662. The molecule has 0 aliphatic carbocycles. The molecule has 67 heavy (non-hydrogen) atoms. The monoisotopic (exact) mass is 871 g/mol. The van der Waals surface area contributed by atoms with E-state index in [-0.39, 0.29) is 28.4 Å². The Morgan fingerprint density at radius 3 is 1.22 bits per heavy atom. The summed E-state index contributed by atoms with van der Waals surface area (Å²) in [5, 5.41) is 5.28. The molecule has 6 heteroatoms. The molecule has 3 aromatic heterocycles. The largest absolute Gasteiger partial charge is 0.310 e. The van der Waals surface area contributed by atoms with Gasteiger partial charge >= 0.3 is 0 Å². The van der Waals surface area contributed by atoms with E-state index in [1.807, 2.05) is 0 Å². The van der Waals surface area contributed by atoms with Crippen LogP contribution < -0.4 is 16.4 Å². The van der Waals surface area contributed by atoms with Crippen molar-refractivity contribution in [2.45, 2.75) is 105 Å². The minimum atomic E-state index is -0.142. The average Bonchev–Trinajstić information content (AvgIpc) is 3.83. The van der Waals surface area contributed by atoms with E-state index in [4.69, 9.17) is 9.97 Å². The van der Waals surface area contributed by atoms with Crippen molar-refractivity contribution in [3.05, 3.63) is 156 Å². The van der Waals surface area contributed by atoms with Crippen molar-refractivity contribution in [1.29, 1.82) is 0 Å². The van der Waals surface area contributed by atoms with Crippen LogP contribution in [0.1, 0.15) is 105 Å². The Kier molecular flexibility index (Phi) is 8.63. The SMILES string of the molecule is CC(C)(C)c1cc(C(C)(C)C)c2c3c(-c4ccccc4)ccc4c3n(c2c1)-c1cc(-c2ncncn2)cc2c1B4c1ccc(-c3ccccc3)c3c4c(C(C)(C)C)cc(C(C)(C)C)cc4n-2c13. The van der Waals surface area contributed by atoms with E-state index >= 15 is 0 Å². The van der Waals surface area contributed by atoms with Crippen molar-refractivity contribution < 1.29 is 0 Å². The molecule has 10 aromatic rings. The Morgan fingerprint density at radius 1 is 0.418 bits per heavy atom. The number of rotatable bonds is 3. The van der Waals surface area contributed by atoms with Crippen molar-refractivity contribution in [2.75, 3.05) is 0 Å². The Labute approximate surface area is 395 Å². The van der Waals surface area contributed by atoms with Crippen LogP contribution >= 0.6 is 0 Å². The third-order valence-electron chi connectivity index (χ3n) is 14.9. The number of hydrogen-bond donors (Lipinski definition) is 0. The molecule has 330 valence electrons. The number of fused-ring (bicyclic) bond motifs is 10. The molecule has 5 heterocycles. The molecule has 12 rings (SSSR count). The first-order valence-corrected chi connectivity index (χ1v) is 24.0. The molecule has 0 saturated carbocycles. The molecule has 2 aliphatic heterocycles. The van der Waals surface area contributed by atoms with Gasteiger partial charge in [0.25, 0.3) is 6.71 Å². The van der Waals surface area contributed by atoms with Gasteiger partial charge in [0.05, 0.1) is 22.1 Å². The predicted molar refractivity (Wildman–Crippen MR) is 284 cm³/mol. The maximum absolute atomic E-state index is 4.85. The minimum absolute atomic E-state index is 0.0500. The van der Waals surface area contributed by atoms with Crippen LogP contribution in [0.5, 0.6) is 0 Å². The topological polar surface area (TPSA) is 48.5 Å². The summed E-state index contributed by atoms with van der Waals surface area (Å²) in [5.41, 5.74) is 22.2. The Balaban J connectivity index is 1.36. The van der Waals surface area contributed by atoms with Gasteiger partial charge in [-0.3, -0.25) is 0 Å². The molecule has 0 radical (unpaired) electrons. The minimum Gasteiger partial charge on any atom is -0.310 e. The van der Waals surface area contributed by atoms with Gasteiger partial charge in [0.1, 0.15) is 12.7 Å². The molecular formula is C61H58BN5. The third-order valence-corrected chi connectivity index (χ3v) is 14.9. The summed E-state index contributed by atoms with van der Waals surface area (Å²) < 4.78 is 5.29. The molecule has 0 fully saturated rings. The van der Waals surface area contributed by atoms with Gasteiger partial charge in [-0.1, -0.05) is 180 Å². The molecule has 0 atom stereocenters. The van der Waals surface area contributed by atoms with Crippen molar-refractivity contribution in [3.63, 3.8) is 0 Å². The van der Waals surface area contributed by atoms with E-state index in [9.17, 15) is 0 Å². The quantitative estimate of drug-likeness (QED) is 0.166. The lowest BCUT2D eigenvalue weighted by atomic mass is 9.34. The van der Waals surface area contributed by atoms with Crippen LogP contribution in [0.15, 0.2) is 134 Å². The first-order valence-electron chi connectivity index (χ1n) is 24.0. The second kappa shape index (κ2) is 13.9. The zero-order valence-corrected chi connectivity index (χ0v) is 41.0. The van der Waals surface area contributed by atoms with E-state index in [1.165, 1.54) is 116 Å². The van der Waals surface area contributed by atoms with Gasteiger partial charge in [-0.15, -0.1) is 0 Å². The van der Waals surface area contributed by atoms with E-state index in [1.54, 1.807) is 12.7 Å². The standard InChI is InChI=1S/C61H58BN5/c1-58(2,3)38-29-42(60(7,8)9)52-46(31-38)66-48-27-37(57-64-33-63-34-65-57)28-49-54(48)62(44-25-23-40(50(52)55(44)66)35-19-15-13-16-20-35)45-26-24-41(36-21-17-14-18-22-36)51-53-43(61(10,11)12)30-39(59(4,5)6)32-47(53)67(49)56(45)51/h13-34H,1-12H3. The molecular weight excluding hydrogens is 814 g/mol. The number of benzene rings is 7. The third kappa shape index (κ3) is 6.04. The van der Waals surface area contributed by atoms with Crippen LogP contribution in [0.25, 0.3) is 88.6 Å². The zero-order valence-electron chi connectivity index (χ0n) is 41.0. The number of nitrogens with zero attached hydrogens (tertiary/aromatic N) is 5. The van der Waals surface area contributed by atoms with Crippen LogP contribution in [-0.2, 0) is 21.7 Å². The maximum Gasteiger partial charge on any atom is 0.252 e. The number of hydrogen-bond acceptors (Lipinski definition) is 3. The highest BCUT2D eigenvalue weighted by Gasteiger charge is 2.44. The first kappa shape index (κ1) is 41.6. The normalized spacial score (nSPS) is 13.6. The van der Waals surface area contributed by atoms with Crippen LogP contribution in [0.4, 0.5) is 0 Å². The van der Waals surface area contributed by atoms with Crippen LogP contribution in [0.3, 0.4) is 0 Å². The Morgan fingerprint density at radius 2 is 0.836 bits per heavy atom. The highest BCUT2D eigenvalue weighted by atomic mass is 15.0. The second-order valence-corrected chi connectivity index (χ2v) is 23.4. The maximum atomic E-state index is 4.85. The first-order chi connectivity index (χ1) is 31.8. The summed E-state index contributed by atoms with van der Waals surface area (Å²) in [6.45, 7) is 28.3.